The lowest BCUT2D eigenvalue weighted by Crippen LogP contribution is -2.43. The van der Waals surface area contributed by atoms with Crippen molar-refractivity contribution in [2.24, 2.45) is 5.73 Å². The van der Waals surface area contributed by atoms with Crippen LogP contribution in [0.4, 0.5) is 4.79 Å². The van der Waals surface area contributed by atoms with Crippen LogP contribution in [0.5, 0.6) is 5.75 Å². The van der Waals surface area contributed by atoms with Gasteiger partial charge in [0.25, 0.3) is 0 Å². The van der Waals surface area contributed by atoms with Crippen molar-refractivity contribution in [3.63, 3.8) is 0 Å². The number of amides is 1. The first kappa shape index (κ1) is 18.5. The second kappa shape index (κ2) is 7.62. The largest absolute Gasteiger partial charge is 0.444 e. The summed E-state index contributed by atoms with van der Waals surface area (Å²) in [7, 11) is 0. The van der Waals surface area contributed by atoms with Crippen LogP contribution in [-0.2, 0) is 16.0 Å². The molecule has 0 aromatic heterocycles. The Balaban J connectivity index is 2.61. The molecule has 0 bridgehead atoms. The number of hydrogen-bond acceptors (Lipinski definition) is 5. The molecule has 0 aliphatic heterocycles. The molecule has 0 fully saturated rings. The molecule has 0 aliphatic rings. The number of hydrogen-bond donors (Lipinski definition) is 3. The van der Waals surface area contributed by atoms with Crippen molar-refractivity contribution >= 4 is 17.9 Å². The number of nitrogens with two attached hydrogens (primary N) is 1. The minimum Gasteiger partial charge on any atom is -0.444 e. The second-order valence-corrected chi connectivity index (χ2v) is 6.14. The Bertz CT molecular complexity index is 593. The molecular weight excluding hydrogens is 298 g/mol. The minimum atomic E-state index is -0.860. The summed E-state index contributed by atoms with van der Waals surface area (Å²) >= 11 is 0. The Morgan fingerprint density at radius 3 is 2.57 bits per heavy atom. The second-order valence-electron chi connectivity index (χ2n) is 6.14. The molecule has 4 N–H and O–H groups in total. The van der Waals surface area contributed by atoms with E-state index >= 15 is 0 Å². The topological polar surface area (TPSA) is 114 Å². The number of nitrogens with one attached hydrogen (secondary N) is 2. The van der Waals surface area contributed by atoms with Crippen LogP contribution >= 0.6 is 0 Å². The molecule has 0 saturated heterocycles. The summed E-state index contributed by atoms with van der Waals surface area (Å²) in [5, 5.41) is 9.68. The third kappa shape index (κ3) is 7.30. The quantitative estimate of drug-likeness (QED) is 0.332. The first-order valence-electron chi connectivity index (χ1n) is 7.20. The van der Waals surface area contributed by atoms with Crippen LogP contribution in [0.1, 0.15) is 33.3 Å². The van der Waals surface area contributed by atoms with Crippen LogP contribution in [0.25, 0.3) is 0 Å². The van der Waals surface area contributed by atoms with Gasteiger partial charge in [-0.3, -0.25) is 5.41 Å². The molecule has 0 spiro atoms. The molecule has 1 aromatic rings. The van der Waals surface area contributed by atoms with Crippen molar-refractivity contribution in [1.29, 1.82) is 5.41 Å². The van der Waals surface area contributed by atoms with E-state index in [1.165, 1.54) is 6.92 Å². The van der Waals surface area contributed by atoms with Crippen LogP contribution in [-0.4, -0.2) is 29.5 Å². The molecular formula is C16H23N3O4. The Kier molecular flexibility index (Phi) is 6.12. The predicted molar refractivity (Wildman–Crippen MR) is 86.5 cm³/mol. The Morgan fingerprint density at radius 2 is 2.00 bits per heavy atom. The summed E-state index contributed by atoms with van der Waals surface area (Å²) < 4.78 is 10.3. The maximum atomic E-state index is 12.0. The zero-order chi connectivity index (χ0) is 17.6. The van der Waals surface area contributed by atoms with E-state index in [0.29, 0.717) is 5.75 Å². The molecule has 126 valence electrons. The predicted octanol–water partition coefficient (Wildman–Crippen LogP) is 1.98. The molecule has 1 amide bonds. The first-order chi connectivity index (χ1) is 10.6. The summed E-state index contributed by atoms with van der Waals surface area (Å²) in [5.41, 5.74) is 5.46. The van der Waals surface area contributed by atoms with E-state index in [1.54, 1.807) is 45.0 Å². The molecule has 23 heavy (non-hydrogen) atoms. The normalized spacial score (nSPS) is 12.2. The van der Waals surface area contributed by atoms with E-state index < -0.39 is 23.7 Å². The van der Waals surface area contributed by atoms with Crippen molar-refractivity contribution in [3.05, 3.63) is 29.8 Å². The fourth-order valence-electron chi connectivity index (χ4n) is 1.69. The molecule has 0 saturated carbocycles. The van der Waals surface area contributed by atoms with Gasteiger partial charge in [0, 0.05) is 6.42 Å². The van der Waals surface area contributed by atoms with E-state index in [2.05, 4.69) is 5.32 Å². The molecule has 0 heterocycles. The summed E-state index contributed by atoms with van der Waals surface area (Å²) in [5.74, 6) is -0.268. The van der Waals surface area contributed by atoms with E-state index in [4.69, 9.17) is 20.6 Å². The number of esters is 1. The van der Waals surface area contributed by atoms with Gasteiger partial charge in [0.2, 0.25) is 0 Å². The summed E-state index contributed by atoms with van der Waals surface area (Å²) in [6.45, 7) is 6.70. The molecule has 1 atom stereocenters. The summed E-state index contributed by atoms with van der Waals surface area (Å²) in [6.07, 6.45) is -0.413. The highest BCUT2D eigenvalue weighted by molar-refractivity contribution is 5.83. The molecule has 1 rings (SSSR count). The lowest BCUT2D eigenvalue weighted by Gasteiger charge is -2.21. The number of carbonyl (C=O) groups is 2. The van der Waals surface area contributed by atoms with E-state index in [1.807, 2.05) is 0 Å². The van der Waals surface area contributed by atoms with Crippen molar-refractivity contribution in [2.45, 2.75) is 45.8 Å². The van der Waals surface area contributed by atoms with E-state index in [9.17, 15) is 9.59 Å². The zero-order valence-electron chi connectivity index (χ0n) is 13.8. The lowest BCUT2D eigenvalue weighted by atomic mass is 10.1. The molecule has 7 nitrogen and oxygen atoms in total. The number of rotatable bonds is 5. The third-order valence-electron chi connectivity index (χ3n) is 2.60. The zero-order valence-corrected chi connectivity index (χ0v) is 13.8. The molecule has 7 heteroatoms. The first-order valence-corrected chi connectivity index (χ1v) is 7.20. The number of amidine groups is 1. The van der Waals surface area contributed by atoms with Crippen molar-refractivity contribution < 1.29 is 19.1 Å². The highest BCUT2D eigenvalue weighted by Crippen LogP contribution is 2.14. The summed E-state index contributed by atoms with van der Waals surface area (Å²) in [4.78, 5) is 23.6. The number of ether oxygens (including phenoxy) is 2. The van der Waals surface area contributed by atoms with Gasteiger partial charge in [-0.2, -0.15) is 0 Å². The summed E-state index contributed by atoms with van der Waals surface area (Å²) in [6, 6.07) is 5.86. The van der Waals surface area contributed by atoms with Crippen molar-refractivity contribution in [1.82, 2.24) is 5.32 Å². The fourth-order valence-corrected chi connectivity index (χ4v) is 1.69. The Hall–Kier alpha value is -2.57. The van der Waals surface area contributed by atoms with Gasteiger partial charge in [-0.25, -0.2) is 9.59 Å². The molecule has 0 radical (unpaired) electrons. The lowest BCUT2D eigenvalue weighted by molar-refractivity contribution is -0.136. The van der Waals surface area contributed by atoms with Crippen LogP contribution in [0.15, 0.2) is 24.3 Å². The van der Waals surface area contributed by atoms with Crippen LogP contribution in [0.2, 0.25) is 0 Å². The SMILES string of the molecule is C[C@@H](NC(=O)OC(C)(C)C)C(=O)Oc1cccc(CC(=N)N)c1. The molecule has 0 aliphatic carbocycles. The van der Waals surface area contributed by atoms with Gasteiger partial charge in [-0.05, 0) is 45.4 Å². The van der Waals surface area contributed by atoms with Crippen molar-refractivity contribution in [2.75, 3.05) is 0 Å². The van der Waals surface area contributed by atoms with Gasteiger partial charge >= 0.3 is 12.1 Å². The maximum Gasteiger partial charge on any atom is 0.408 e. The van der Waals surface area contributed by atoms with Gasteiger partial charge in [0.15, 0.2) is 0 Å². The van der Waals surface area contributed by atoms with Gasteiger partial charge in [0.1, 0.15) is 17.4 Å². The minimum absolute atomic E-state index is 0.0217. The van der Waals surface area contributed by atoms with E-state index in [-0.39, 0.29) is 12.3 Å². The van der Waals surface area contributed by atoms with Gasteiger partial charge in [-0.15, -0.1) is 0 Å². The number of benzene rings is 1. The van der Waals surface area contributed by atoms with Gasteiger partial charge in [-0.1, -0.05) is 12.1 Å². The molecule has 1 aromatic carbocycles. The smallest absolute Gasteiger partial charge is 0.408 e. The van der Waals surface area contributed by atoms with Crippen molar-refractivity contribution in [3.8, 4) is 5.75 Å². The highest BCUT2D eigenvalue weighted by Gasteiger charge is 2.22. The highest BCUT2D eigenvalue weighted by atomic mass is 16.6. The van der Waals surface area contributed by atoms with Gasteiger partial charge < -0.3 is 20.5 Å². The standard InChI is InChI=1S/C16H23N3O4/c1-10(19-15(21)23-16(2,3)4)14(20)22-12-7-5-6-11(8-12)9-13(17)18/h5-8,10H,9H2,1-4H3,(H3,17,18)(H,19,21)/t10-/m1/s1. The number of alkyl carbamates (subject to hydrolysis) is 1. The van der Waals surface area contributed by atoms with Crippen LogP contribution in [0, 0.1) is 5.41 Å². The fraction of sp³-hybridized carbons (Fsp3) is 0.438. The van der Waals surface area contributed by atoms with E-state index in [0.717, 1.165) is 5.56 Å². The third-order valence-corrected chi connectivity index (χ3v) is 2.60. The molecule has 0 unspecified atom stereocenters. The van der Waals surface area contributed by atoms with Gasteiger partial charge in [0.05, 0.1) is 5.84 Å². The van der Waals surface area contributed by atoms with Crippen LogP contribution in [0.3, 0.4) is 0 Å². The van der Waals surface area contributed by atoms with Crippen LogP contribution < -0.4 is 15.8 Å². The Morgan fingerprint density at radius 1 is 1.35 bits per heavy atom. The average Bonchev–Trinajstić information content (AvgIpc) is 2.35. The maximum absolute atomic E-state index is 12.0. The average molecular weight is 321 g/mol. The monoisotopic (exact) mass is 321 g/mol. The number of carbonyl (C=O) groups excluding carboxylic acids is 2. The Labute approximate surface area is 135 Å².